The van der Waals surface area contributed by atoms with Crippen LogP contribution in [0.25, 0.3) is 0 Å². The van der Waals surface area contributed by atoms with E-state index in [1.54, 1.807) is 6.07 Å². The second-order valence-electron chi connectivity index (χ2n) is 5.41. The van der Waals surface area contributed by atoms with Gasteiger partial charge in [0.25, 0.3) is 5.91 Å². The van der Waals surface area contributed by atoms with E-state index in [2.05, 4.69) is 23.4 Å². The summed E-state index contributed by atoms with van der Waals surface area (Å²) in [5.74, 6) is 5.40. The molecule has 1 aliphatic carbocycles. The number of aliphatic hydroxyl groups excluding tert-OH is 1. The summed E-state index contributed by atoms with van der Waals surface area (Å²) in [4.78, 5) is 12.4. The lowest BCUT2D eigenvalue weighted by Gasteiger charge is -2.40. The van der Waals surface area contributed by atoms with Crippen LogP contribution in [0.1, 0.15) is 40.7 Å². The maximum atomic E-state index is 12.4. The van der Waals surface area contributed by atoms with Crippen LogP contribution in [0.4, 0.5) is 0 Å². The largest absolute Gasteiger partial charge is 0.384 e. The molecule has 4 heteroatoms. The Hall–Kier alpha value is -1.44. The first kappa shape index (κ1) is 15.9. The van der Waals surface area contributed by atoms with E-state index >= 15 is 0 Å². The van der Waals surface area contributed by atoms with Gasteiger partial charge in [0, 0.05) is 22.4 Å². The molecule has 0 bridgehead atoms. The number of amides is 1. The molecule has 112 valence electrons. The third-order valence-corrected chi connectivity index (χ3v) is 5.48. The first-order valence-electron chi connectivity index (χ1n) is 7.14. The van der Waals surface area contributed by atoms with E-state index in [1.807, 2.05) is 30.8 Å². The fraction of sp³-hybridized carbons (Fsp3) is 0.471. The molecule has 0 aliphatic heterocycles. The summed E-state index contributed by atoms with van der Waals surface area (Å²) < 4.78 is 0.234. The van der Waals surface area contributed by atoms with E-state index < -0.39 is 0 Å². The molecule has 1 fully saturated rings. The number of benzene rings is 1. The van der Waals surface area contributed by atoms with Crippen molar-refractivity contribution in [3.8, 4) is 11.8 Å². The number of hydrogen-bond acceptors (Lipinski definition) is 3. The molecule has 21 heavy (non-hydrogen) atoms. The van der Waals surface area contributed by atoms with Crippen molar-refractivity contribution in [1.29, 1.82) is 0 Å². The number of nitrogens with one attached hydrogen (secondary N) is 1. The van der Waals surface area contributed by atoms with Crippen molar-refractivity contribution in [1.82, 2.24) is 5.32 Å². The summed E-state index contributed by atoms with van der Waals surface area (Å²) in [6.07, 6.45) is 5.72. The third-order valence-electron chi connectivity index (χ3n) is 4.06. The Morgan fingerprint density at radius 3 is 2.81 bits per heavy atom. The van der Waals surface area contributed by atoms with Crippen LogP contribution >= 0.6 is 11.8 Å². The molecule has 1 aliphatic rings. The van der Waals surface area contributed by atoms with Crippen molar-refractivity contribution in [3.05, 3.63) is 34.9 Å². The molecule has 1 saturated carbocycles. The predicted octanol–water partition coefficient (Wildman–Crippen LogP) is 2.35. The molecule has 0 radical (unpaired) electrons. The van der Waals surface area contributed by atoms with E-state index in [1.165, 1.54) is 19.3 Å². The molecule has 0 saturated heterocycles. The van der Waals surface area contributed by atoms with Crippen LogP contribution in [-0.2, 0) is 0 Å². The van der Waals surface area contributed by atoms with Crippen LogP contribution in [0.15, 0.2) is 18.2 Å². The standard InChI is InChI=1S/C17H21NO2S/c1-13-6-7-14(5-3-10-19)11-15(13)16(20)18-12-17(21-2)8-4-9-17/h6-7,11,19H,4,8-10,12H2,1-2H3,(H,18,20). The van der Waals surface area contributed by atoms with Crippen LogP contribution in [0.5, 0.6) is 0 Å². The number of aliphatic hydroxyl groups is 1. The van der Waals surface area contributed by atoms with Gasteiger partial charge in [-0.1, -0.05) is 24.3 Å². The van der Waals surface area contributed by atoms with Gasteiger partial charge in [-0.2, -0.15) is 11.8 Å². The smallest absolute Gasteiger partial charge is 0.251 e. The van der Waals surface area contributed by atoms with Gasteiger partial charge < -0.3 is 10.4 Å². The Labute approximate surface area is 130 Å². The number of carbonyl (C=O) groups is 1. The number of rotatable bonds is 4. The van der Waals surface area contributed by atoms with Crippen molar-refractivity contribution < 1.29 is 9.90 Å². The summed E-state index contributed by atoms with van der Waals surface area (Å²) in [7, 11) is 0. The average Bonchev–Trinajstić information content (AvgIpc) is 2.45. The Morgan fingerprint density at radius 2 is 2.24 bits per heavy atom. The Balaban J connectivity index is 2.07. The molecule has 1 amide bonds. The Bertz CT molecular complexity index is 577. The molecule has 2 rings (SSSR count). The van der Waals surface area contributed by atoms with Crippen LogP contribution in [0, 0.1) is 18.8 Å². The minimum absolute atomic E-state index is 0.0412. The summed E-state index contributed by atoms with van der Waals surface area (Å²) in [6.45, 7) is 2.47. The van der Waals surface area contributed by atoms with Gasteiger partial charge >= 0.3 is 0 Å². The molecule has 0 atom stereocenters. The third kappa shape index (κ3) is 3.81. The number of hydrogen-bond donors (Lipinski definition) is 2. The Morgan fingerprint density at radius 1 is 1.48 bits per heavy atom. The zero-order chi connectivity index (χ0) is 15.3. The quantitative estimate of drug-likeness (QED) is 0.840. The highest BCUT2D eigenvalue weighted by Gasteiger charge is 2.36. The highest BCUT2D eigenvalue weighted by molar-refractivity contribution is 8.00. The fourth-order valence-corrected chi connectivity index (χ4v) is 3.36. The van der Waals surface area contributed by atoms with Crippen LogP contribution in [0.2, 0.25) is 0 Å². The monoisotopic (exact) mass is 303 g/mol. The molecular formula is C17H21NO2S. The van der Waals surface area contributed by atoms with Gasteiger partial charge in [-0.15, -0.1) is 0 Å². The maximum absolute atomic E-state index is 12.4. The highest BCUT2D eigenvalue weighted by Crippen LogP contribution is 2.42. The van der Waals surface area contributed by atoms with Gasteiger partial charge in [0.15, 0.2) is 0 Å². The highest BCUT2D eigenvalue weighted by atomic mass is 32.2. The summed E-state index contributed by atoms with van der Waals surface area (Å²) in [5, 5.41) is 11.8. The Kier molecular flexibility index (Phi) is 5.33. The van der Waals surface area contributed by atoms with Crippen molar-refractivity contribution in [3.63, 3.8) is 0 Å². The number of thioether (sulfide) groups is 1. The van der Waals surface area contributed by atoms with Crippen molar-refractivity contribution in [2.24, 2.45) is 0 Å². The first-order chi connectivity index (χ1) is 10.1. The van der Waals surface area contributed by atoms with Crippen molar-refractivity contribution in [2.75, 3.05) is 19.4 Å². The normalized spacial score (nSPS) is 15.6. The van der Waals surface area contributed by atoms with E-state index in [0.717, 1.165) is 17.7 Å². The minimum Gasteiger partial charge on any atom is -0.384 e. The van der Waals surface area contributed by atoms with Gasteiger partial charge in [0.05, 0.1) is 0 Å². The van der Waals surface area contributed by atoms with E-state index in [9.17, 15) is 4.79 Å². The van der Waals surface area contributed by atoms with E-state index in [-0.39, 0.29) is 17.3 Å². The van der Waals surface area contributed by atoms with E-state index in [4.69, 9.17) is 5.11 Å². The lowest BCUT2D eigenvalue weighted by Crippen LogP contribution is -2.45. The van der Waals surface area contributed by atoms with Gasteiger partial charge in [-0.25, -0.2) is 0 Å². The number of carbonyl (C=O) groups excluding carboxylic acids is 1. The zero-order valence-corrected chi connectivity index (χ0v) is 13.3. The molecule has 0 heterocycles. The second kappa shape index (κ2) is 7.02. The first-order valence-corrected chi connectivity index (χ1v) is 8.36. The van der Waals surface area contributed by atoms with Gasteiger partial charge in [0.2, 0.25) is 0 Å². The summed E-state index contributed by atoms with van der Waals surface area (Å²) in [6, 6.07) is 5.55. The topological polar surface area (TPSA) is 49.3 Å². The van der Waals surface area contributed by atoms with Crippen molar-refractivity contribution in [2.45, 2.75) is 30.9 Å². The lowest BCUT2D eigenvalue weighted by molar-refractivity contribution is 0.0943. The SMILES string of the molecule is CSC1(CNC(=O)c2cc(C#CCO)ccc2C)CCC1. The molecule has 1 aromatic rings. The average molecular weight is 303 g/mol. The summed E-state index contributed by atoms with van der Waals surface area (Å²) in [5.41, 5.74) is 2.35. The minimum atomic E-state index is -0.175. The predicted molar refractivity (Wildman–Crippen MR) is 87.6 cm³/mol. The van der Waals surface area contributed by atoms with E-state index in [0.29, 0.717) is 5.56 Å². The molecule has 0 unspecified atom stereocenters. The molecular weight excluding hydrogens is 282 g/mol. The van der Waals surface area contributed by atoms with Crippen LogP contribution in [-0.4, -0.2) is 35.2 Å². The molecule has 0 aromatic heterocycles. The van der Waals surface area contributed by atoms with Crippen molar-refractivity contribution >= 4 is 17.7 Å². The molecule has 1 aromatic carbocycles. The lowest BCUT2D eigenvalue weighted by atomic mass is 9.84. The maximum Gasteiger partial charge on any atom is 0.251 e. The number of aryl methyl sites for hydroxylation is 1. The zero-order valence-electron chi connectivity index (χ0n) is 12.5. The second-order valence-corrected chi connectivity index (χ2v) is 6.69. The molecule has 0 spiro atoms. The summed E-state index contributed by atoms with van der Waals surface area (Å²) >= 11 is 1.85. The van der Waals surface area contributed by atoms with Crippen LogP contribution in [0.3, 0.4) is 0 Å². The van der Waals surface area contributed by atoms with Crippen LogP contribution < -0.4 is 5.32 Å². The molecule has 2 N–H and O–H groups in total. The van der Waals surface area contributed by atoms with Gasteiger partial charge in [0.1, 0.15) is 6.61 Å². The van der Waals surface area contributed by atoms with Gasteiger partial charge in [-0.05, 0) is 43.7 Å². The fourth-order valence-electron chi connectivity index (χ4n) is 2.45. The molecule has 3 nitrogen and oxygen atoms in total. The van der Waals surface area contributed by atoms with Gasteiger partial charge in [-0.3, -0.25) is 4.79 Å².